The normalized spacial score (nSPS) is 19.1. The van der Waals surface area contributed by atoms with Gasteiger partial charge in [-0.25, -0.2) is 4.79 Å². The van der Waals surface area contributed by atoms with Gasteiger partial charge in [0.15, 0.2) is 0 Å². The molecule has 1 saturated heterocycles. The minimum atomic E-state index is -1.41. The molecule has 1 aliphatic heterocycles. The minimum absolute atomic E-state index is 0.0824. The maximum absolute atomic E-state index is 12.5. The van der Waals surface area contributed by atoms with Crippen LogP contribution in [0.5, 0.6) is 0 Å². The predicted molar refractivity (Wildman–Crippen MR) is 102 cm³/mol. The Bertz CT molecular complexity index is 646. The lowest BCUT2D eigenvalue weighted by Gasteiger charge is -2.28. The lowest BCUT2D eigenvalue weighted by atomic mass is 10.1. The number of nitrogens with one attached hydrogen (secondary N) is 2. The van der Waals surface area contributed by atoms with Crippen LogP contribution in [0.25, 0.3) is 0 Å². The summed E-state index contributed by atoms with van der Waals surface area (Å²) in [6.45, 7) is -0.538. The zero-order valence-electron chi connectivity index (χ0n) is 15.6. The Labute approximate surface area is 172 Å². The smallest absolute Gasteiger partial charge is 0.327 e. The molecule has 3 amide bonds. The number of carboxylic acid groups (broad SMARTS) is 2. The van der Waals surface area contributed by atoms with Gasteiger partial charge in [-0.2, -0.15) is 12.6 Å². The number of nitrogens with zero attached hydrogens (tertiary/aromatic N) is 1. The number of likely N-dealkylation sites (tertiary alicyclic amines) is 1. The van der Waals surface area contributed by atoms with Gasteiger partial charge in [0.2, 0.25) is 17.7 Å². The standard InChI is InChI=1S/C16H26N4O8S/c17-8(3-4-12(22)23)15(26)20-5-1-2-11(20)14(25)18-9(6-21)13(24)19-10(7-29)16(27)28/h8-11,21,29H,1-7,17H2,(H,18,25)(H,19,24)(H,22,23)(H,27,28). The van der Waals surface area contributed by atoms with Gasteiger partial charge < -0.3 is 36.6 Å². The van der Waals surface area contributed by atoms with Crippen LogP contribution in [0.4, 0.5) is 0 Å². The first-order valence-electron chi connectivity index (χ1n) is 8.95. The molecule has 0 bridgehead atoms. The molecule has 0 saturated carbocycles. The van der Waals surface area contributed by atoms with E-state index in [-0.39, 0.29) is 25.1 Å². The van der Waals surface area contributed by atoms with Crippen LogP contribution in [0.3, 0.4) is 0 Å². The highest BCUT2D eigenvalue weighted by molar-refractivity contribution is 7.80. The third-order valence-corrected chi connectivity index (χ3v) is 4.80. The second kappa shape index (κ2) is 11.6. The molecule has 0 aliphatic carbocycles. The van der Waals surface area contributed by atoms with Crippen LogP contribution in [-0.2, 0) is 24.0 Å². The number of carboxylic acids is 2. The molecule has 4 unspecified atom stereocenters. The number of hydrogen-bond donors (Lipinski definition) is 7. The van der Waals surface area contributed by atoms with E-state index in [1.54, 1.807) is 0 Å². The summed E-state index contributed by atoms with van der Waals surface area (Å²) in [5.41, 5.74) is 5.73. The van der Waals surface area contributed by atoms with Gasteiger partial charge in [-0.15, -0.1) is 0 Å². The highest BCUT2D eigenvalue weighted by Crippen LogP contribution is 2.19. The first-order valence-corrected chi connectivity index (χ1v) is 9.58. The predicted octanol–water partition coefficient (Wildman–Crippen LogP) is -2.85. The first-order chi connectivity index (χ1) is 13.6. The Morgan fingerprint density at radius 1 is 1.14 bits per heavy atom. The van der Waals surface area contributed by atoms with Gasteiger partial charge in [-0.1, -0.05) is 0 Å². The Balaban J connectivity index is 2.74. The molecule has 0 radical (unpaired) electrons. The summed E-state index contributed by atoms with van der Waals surface area (Å²) in [7, 11) is 0. The molecule has 1 heterocycles. The van der Waals surface area contributed by atoms with Crippen LogP contribution < -0.4 is 16.4 Å². The Hall–Kier alpha value is -2.38. The van der Waals surface area contributed by atoms with E-state index in [9.17, 15) is 29.1 Å². The number of carbonyl (C=O) groups excluding carboxylic acids is 3. The van der Waals surface area contributed by atoms with Gasteiger partial charge >= 0.3 is 11.9 Å². The Morgan fingerprint density at radius 3 is 2.31 bits per heavy atom. The summed E-state index contributed by atoms with van der Waals surface area (Å²) in [6, 6.07) is -4.72. The molecule has 0 aromatic heterocycles. The van der Waals surface area contributed by atoms with Crippen LogP contribution in [0.15, 0.2) is 0 Å². The zero-order valence-corrected chi connectivity index (χ0v) is 16.5. The molecule has 13 heteroatoms. The Kier molecular flexibility index (Phi) is 9.85. The number of aliphatic hydroxyl groups excluding tert-OH is 1. The summed E-state index contributed by atoms with van der Waals surface area (Å²) in [5, 5.41) is 31.5. The van der Waals surface area contributed by atoms with Crippen LogP contribution >= 0.6 is 12.6 Å². The minimum Gasteiger partial charge on any atom is -0.481 e. The van der Waals surface area contributed by atoms with E-state index in [1.807, 2.05) is 0 Å². The third kappa shape index (κ3) is 7.18. The van der Waals surface area contributed by atoms with Crippen LogP contribution in [0.2, 0.25) is 0 Å². The average molecular weight is 434 g/mol. The van der Waals surface area contributed by atoms with E-state index < -0.39 is 60.4 Å². The quantitative estimate of drug-likeness (QED) is 0.167. The number of aliphatic carboxylic acids is 2. The third-order valence-electron chi connectivity index (χ3n) is 4.44. The van der Waals surface area contributed by atoms with Gasteiger partial charge in [0.25, 0.3) is 0 Å². The number of nitrogens with two attached hydrogens (primary N) is 1. The van der Waals surface area contributed by atoms with Gasteiger partial charge in [0.1, 0.15) is 18.1 Å². The van der Waals surface area contributed by atoms with Crippen molar-refractivity contribution in [1.29, 1.82) is 0 Å². The second-order valence-electron chi connectivity index (χ2n) is 6.55. The lowest BCUT2D eigenvalue weighted by molar-refractivity contribution is -0.143. The summed E-state index contributed by atoms with van der Waals surface area (Å²) < 4.78 is 0. The maximum atomic E-state index is 12.5. The van der Waals surface area contributed by atoms with Gasteiger partial charge in [-0.05, 0) is 19.3 Å². The molecule has 12 nitrogen and oxygen atoms in total. The number of rotatable bonds is 11. The monoisotopic (exact) mass is 434 g/mol. The van der Waals surface area contributed by atoms with E-state index in [2.05, 4.69) is 23.3 Å². The van der Waals surface area contributed by atoms with Crippen molar-refractivity contribution < 1.29 is 39.3 Å². The van der Waals surface area contributed by atoms with Crippen molar-refractivity contribution in [1.82, 2.24) is 15.5 Å². The van der Waals surface area contributed by atoms with Crippen LogP contribution in [0, 0.1) is 0 Å². The fraction of sp³-hybridized carbons (Fsp3) is 0.688. The van der Waals surface area contributed by atoms with Gasteiger partial charge in [-0.3, -0.25) is 19.2 Å². The summed E-state index contributed by atoms with van der Waals surface area (Å²) in [4.78, 5) is 60.0. The highest BCUT2D eigenvalue weighted by atomic mass is 32.1. The molecule has 1 aliphatic rings. The molecular weight excluding hydrogens is 408 g/mol. The second-order valence-corrected chi connectivity index (χ2v) is 6.92. The van der Waals surface area contributed by atoms with Crippen molar-refractivity contribution in [2.75, 3.05) is 18.9 Å². The molecule has 7 N–H and O–H groups in total. The van der Waals surface area contributed by atoms with E-state index >= 15 is 0 Å². The summed E-state index contributed by atoms with van der Waals surface area (Å²) in [5.74, 6) is -4.79. The van der Waals surface area contributed by atoms with Crippen LogP contribution in [-0.4, -0.2) is 93.0 Å². The summed E-state index contributed by atoms with van der Waals surface area (Å²) in [6.07, 6.45) is 0.435. The molecule has 0 spiro atoms. The van der Waals surface area contributed by atoms with Crippen molar-refractivity contribution >= 4 is 42.3 Å². The number of amides is 3. The van der Waals surface area contributed by atoms with Crippen molar-refractivity contribution in [3.05, 3.63) is 0 Å². The van der Waals surface area contributed by atoms with Crippen molar-refractivity contribution in [3.63, 3.8) is 0 Å². The van der Waals surface area contributed by atoms with Crippen molar-refractivity contribution in [2.45, 2.75) is 49.9 Å². The Morgan fingerprint density at radius 2 is 1.79 bits per heavy atom. The number of hydrogen-bond acceptors (Lipinski definition) is 8. The van der Waals surface area contributed by atoms with E-state index in [1.165, 1.54) is 4.90 Å². The topological polar surface area (TPSA) is 199 Å². The molecule has 1 fully saturated rings. The molecule has 29 heavy (non-hydrogen) atoms. The van der Waals surface area contributed by atoms with Crippen LogP contribution in [0.1, 0.15) is 25.7 Å². The summed E-state index contributed by atoms with van der Waals surface area (Å²) >= 11 is 3.81. The molecular formula is C16H26N4O8S. The number of carbonyl (C=O) groups is 5. The highest BCUT2D eigenvalue weighted by Gasteiger charge is 2.37. The first kappa shape index (κ1) is 24.7. The largest absolute Gasteiger partial charge is 0.481 e. The zero-order chi connectivity index (χ0) is 22.1. The van der Waals surface area contributed by atoms with E-state index in [0.29, 0.717) is 12.8 Å². The number of thiol groups is 1. The van der Waals surface area contributed by atoms with Gasteiger partial charge in [0, 0.05) is 18.7 Å². The maximum Gasteiger partial charge on any atom is 0.327 e. The fourth-order valence-electron chi connectivity index (χ4n) is 2.84. The molecule has 1 rings (SSSR count). The molecule has 0 aromatic rings. The lowest BCUT2D eigenvalue weighted by Crippen LogP contribution is -2.57. The van der Waals surface area contributed by atoms with Gasteiger partial charge in [0.05, 0.1) is 12.6 Å². The van der Waals surface area contributed by atoms with E-state index in [4.69, 9.17) is 15.9 Å². The molecule has 4 atom stereocenters. The van der Waals surface area contributed by atoms with E-state index in [0.717, 1.165) is 0 Å². The SMILES string of the molecule is NC(CCC(=O)O)C(=O)N1CCCC1C(=O)NC(CO)C(=O)NC(CS)C(=O)O. The van der Waals surface area contributed by atoms with Crippen molar-refractivity contribution in [2.24, 2.45) is 5.73 Å². The van der Waals surface area contributed by atoms with Crippen molar-refractivity contribution in [3.8, 4) is 0 Å². The molecule has 164 valence electrons. The molecule has 0 aromatic carbocycles. The number of aliphatic hydroxyl groups is 1. The average Bonchev–Trinajstić information content (AvgIpc) is 3.16. The fourth-order valence-corrected chi connectivity index (χ4v) is 3.09.